The highest BCUT2D eigenvalue weighted by molar-refractivity contribution is 6.31. The number of hydrogen-bond acceptors (Lipinski definition) is 3. The molecular weight excluding hydrogens is 288 g/mol. The van der Waals surface area contributed by atoms with Gasteiger partial charge in [-0.25, -0.2) is 0 Å². The van der Waals surface area contributed by atoms with Crippen molar-refractivity contribution in [2.24, 2.45) is 0 Å². The molecule has 1 aromatic heterocycles. The number of rotatable bonds is 7. The molecule has 0 aliphatic heterocycles. The first-order valence-corrected chi connectivity index (χ1v) is 7.67. The number of fused-ring (bicyclic) bond motifs is 1. The molecule has 2 aromatic rings. The quantitative estimate of drug-likeness (QED) is 0.630. The van der Waals surface area contributed by atoms with Crippen molar-refractivity contribution >= 4 is 28.5 Å². The average molecular weight is 309 g/mol. The van der Waals surface area contributed by atoms with Crippen molar-refractivity contribution in [2.75, 3.05) is 13.2 Å². The Hall–Kier alpha value is -1.52. The van der Waals surface area contributed by atoms with E-state index in [0.29, 0.717) is 11.6 Å². The van der Waals surface area contributed by atoms with E-state index in [1.165, 1.54) is 5.56 Å². The van der Waals surface area contributed by atoms with Crippen LogP contribution in [0, 0.1) is 0 Å². The maximum absolute atomic E-state index is 11.7. The van der Waals surface area contributed by atoms with E-state index < -0.39 is 0 Å². The number of hydrogen-bond donors (Lipinski definition) is 1. The number of ether oxygens (including phenoxy) is 1. The summed E-state index contributed by atoms with van der Waals surface area (Å²) in [5.41, 5.74) is 2.13. The molecule has 114 valence electrons. The highest BCUT2D eigenvalue weighted by atomic mass is 35.5. The van der Waals surface area contributed by atoms with Crippen molar-refractivity contribution in [3.63, 3.8) is 0 Å². The van der Waals surface area contributed by atoms with Crippen molar-refractivity contribution in [1.82, 2.24) is 9.88 Å². The zero-order valence-corrected chi connectivity index (χ0v) is 13.2. The summed E-state index contributed by atoms with van der Waals surface area (Å²) in [6.45, 7) is 6.29. The van der Waals surface area contributed by atoms with Gasteiger partial charge in [0.05, 0.1) is 12.1 Å². The van der Waals surface area contributed by atoms with E-state index in [2.05, 4.69) is 12.2 Å². The van der Waals surface area contributed by atoms with Crippen molar-refractivity contribution in [2.45, 2.75) is 33.4 Å². The molecule has 0 bridgehead atoms. The first kappa shape index (κ1) is 15.9. The molecule has 1 aromatic carbocycles. The molecule has 0 aliphatic carbocycles. The maximum Gasteiger partial charge on any atom is 0.325 e. The molecule has 0 saturated carbocycles. The first-order valence-electron chi connectivity index (χ1n) is 7.29. The molecule has 0 amide bonds. The molecule has 0 fully saturated rings. The second-order valence-electron chi connectivity index (χ2n) is 4.93. The van der Waals surface area contributed by atoms with Crippen molar-refractivity contribution in [3.8, 4) is 0 Å². The number of benzene rings is 1. The van der Waals surface area contributed by atoms with E-state index in [-0.39, 0.29) is 12.5 Å². The van der Waals surface area contributed by atoms with Crippen molar-refractivity contribution in [3.05, 3.63) is 35.0 Å². The third-order valence-electron chi connectivity index (χ3n) is 3.27. The maximum atomic E-state index is 11.7. The van der Waals surface area contributed by atoms with E-state index >= 15 is 0 Å². The fourth-order valence-electron chi connectivity index (χ4n) is 2.36. The van der Waals surface area contributed by atoms with Gasteiger partial charge in [-0.1, -0.05) is 24.6 Å². The number of esters is 1. The van der Waals surface area contributed by atoms with Crippen LogP contribution in [0.25, 0.3) is 10.9 Å². The summed E-state index contributed by atoms with van der Waals surface area (Å²) in [6, 6.07) is 5.77. The number of nitrogens with zero attached hydrogens (tertiary/aromatic N) is 1. The standard InChI is InChI=1S/C16H21ClN2O2/c1-3-7-18-9-12-10-19(11-16(20)21-4-2)15-8-13(17)5-6-14(12)15/h5-6,8,10,18H,3-4,7,9,11H2,1-2H3. The van der Waals surface area contributed by atoms with Crippen LogP contribution in [-0.2, 0) is 22.6 Å². The van der Waals surface area contributed by atoms with Gasteiger partial charge in [0.2, 0.25) is 0 Å². The van der Waals surface area contributed by atoms with Crippen LogP contribution in [0.1, 0.15) is 25.8 Å². The minimum atomic E-state index is -0.234. The Morgan fingerprint density at radius 2 is 2.19 bits per heavy atom. The predicted molar refractivity (Wildman–Crippen MR) is 85.6 cm³/mol. The van der Waals surface area contributed by atoms with Gasteiger partial charge in [-0.2, -0.15) is 0 Å². The van der Waals surface area contributed by atoms with Gasteiger partial charge in [-0.3, -0.25) is 4.79 Å². The Morgan fingerprint density at radius 1 is 1.38 bits per heavy atom. The van der Waals surface area contributed by atoms with Crippen LogP contribution in [0.2, 0.25) is 5.02 Å². The Bertz CT molecular complexity index is 622. The van der Waals surface area contributed by atoms with Gasteiger partial charge >= 0.3 is 5.97 Å². The molecule has 4 nitrogen and oxygen atoms in total. The fraction of sp³-hybridized carbons (Fsp3) is 0.438. The number of aromatic nitrogens is 1. The van der Waals surface area contributed by atoms with Gasteiger partial charge in [-0.15, -0.1) is 0 Å². The predicted octanol–water partition coefficient (Wildman–Crippen LogP) is 3.36. The van der Waals surface area contributed by atoms with Gasteiger partial charge < -0.3 is 14.6 Å². The lowest BCUT2D eigenvalue weighted by atomic mass is 10.2. The fourth-order valence-corrected chi connectivity index (χ4v) is 2.52. The van der Waals surface area contributed by atoms with Gasteiger partial charge in [-0.05, 0) is 37.6 Å². The number of carbonyl (C=O) groups excluding carboxylic acids is 1. The largest absolute Gasteiger partial charge is 0.465 e. The summed E-state index contributed by atoms with van der Waals surface area (Å²) in [7, 11) is 0. The van der Waals surface area contributed by atoms with Crippen LogP contribution in [0.5, 0.6) is 0 Å². The second-order valence-corrected chi connectivity index (χ2v) is 5.36. The minimum Gasteiger partial charge on any atom is -0.465 e. The van der Waals surface area contributed by atoms with Crippen LogP contribution in [0.3, 0.4) is 0 Å². The summed E-state index contributed by atoms with van der Waals surface area (Å²) < 4.78 is 6.93. The van der Waals surface area contributed by atoms with E-state index in [9.17, 15) is 4.79 Å². The van der Waals surface area contributed by atoms with Crippen LogP contribution >= 0.6 is 11.6 Å². The van der Waals surface area contributed by atoms with Crippen LogP contribution in [0.15, 0.2) is 24.4 Å². The van der Waals surface area contributed by atoms with Crippen LogP contribution < -0.4 is 5.32 Å². The molecule has 0 atom stereocenters. The molecule has 0 aliphatic rings. The third-order valence-corrected chi connectivity index (χ3v) is 3.51. The summed E-state index contributed by atoms with van der Waals surface area (Å²) in [4.78, 5) is 11.7. The third kappa shape index (κ3) is 3.99. The van der Waals surface area contributed by atoms with Gasteiger partial charge in [0, 0.05) is 23.2 Å². The van der Waals surface area contributed by atoms with Gasteiger partial charge in [0.1, 0.15) is 6.54 Å². The zero-order valence-electron chi connectivity index (χ0n) is 12.5. The lowest BCUT2D eigenvalue weighted by Crippen LogP contribution is -2.14. The minimum absolute atomic E-state index is 0.207. The highest BCUT2D eigenvalue weighted by Gasteiger charge is 2.12. The van der Waals surface area contributed by atoms with E-state index in [0.717, 1.165) is 30.4 Å². The molecule has 0 saturated heterocycles. The van der Waals surface area contributed by atoms with E-state index in [1.54, 1.807) is 0 Å². The number of nitrogens with one attached hydrogen (secondary N) is 1. The normalized spacial score (nSPS) is 11.0. The molecule has 2 rings (SSSR count). The summed E-state index contributed by atoms with van der Waals surface area (Å²) in [6.07, 6.45) is 3.09. The summed E-state index contributed by atoms with van der Waals surface area (Å²) in [5.74, 6) is -0.234. The monoisotopic (exact) mass is 308 g/mol. The number of carbonyl (C=O) groups is 1. The van der Waals surface area contributed by atoms with Crippen molar-refractivity contribution in [1.29, 1.82) is 0 Å². The Morgan fingerprint density at radius 3 is 2.90 bits per heavy atom. The molecule has 21 heavy (non-hydrogen) atoms. The lowest BCUT2D eigenvalue weighted by Gasteiger charge is -2.05. The number of halogens is 1. The summed E-state index contributed by atoms with van der Waals surface area (Å²) >= 11 is 6.08. The molecular formula is C16H21ClN2O2. The van der Waals surface area contributed by atoms with Crippen LogP contribution in [-0.4, -0.2) is 23.7 Å². The smallest absolute Gasteiger partial charge is 0.325 e. The van der Waals surface area contributed by atoms with Gasteiger partial charge in [0.15, 0.2) is 0 Å². The zero-order chi connectivity index (χ0) is 15.2. The lowest BCUT2D eigenvalue weighted by molar-refractivity contribution is -0.143. The molecule has 1 heterocycles. The average Bonchev–Trinajstić information content (AvgIpc) is 2.77. The van der Waals surface area contributed by atoms with Crippen LogP contribution in [0.4, 0.5) is 0 Å². The molecule has 0 spiro atoms. The highest BCUT2D eigenvalue weighted by Crippen LogP contribution is 2.25. The van der Waals surface area contributed by atoms with E-state index in [4.69, 9.17) is 16.3 Å². The molecule has 5 heteroatoms. The topological polar surface area (TPSA) is 43.3 Å². The second kappa shape index (κ2) is 7.48. The molecule has 1 N–H and O–H groups in total. The Kier molecular flexibility index (Phi) is 5.65. The Balaban J connectivity index is 2.30. The SMILES string of the molecule is CCCNCc1cn(CC(=O)OCC)c2cc(Cl)ccc12. The Labute approximate surface area is 130 Å². The first-order chi connectivity index (χ1) is 10.2. The van der Waals surface area contributed by atoms with Crippen molar-refractivity contribution < 1.29 is 9.53 Å². The molecule has 0 radical (unpaired) electrons. The molecule has 0 unspecified atom stereocenters. The van der Waals surface area contributed by atoms with Gasteiger partial charge in [0.25, 0.3) is 0 Å². The van der Waals surface area contributed by atoms with E-state index in [1.807, 2.05) is 35.9 Å². The summed E-state index contributed by atoms with van der Waals surface area (Å²) in [5, 5.41) is 5.17.